The molecule has 0 saturated carbocycles. The topological polar surface area (TPSA) is 60.9 Å². The van der Waals surface area contributed by atoms with Crippen molar-refractivity contribution >= 4 is 23.6 Å². The summed E-state index contributed by atoms with van der Waals surface area (Å²) in [6, 6.07) is 7.11. The van der Waals surface area contributed by atoms with Crippen LogP contribution in [0.25, 0.3) is 0 Å². The van der Waals surface area contributed by atoms with Crippen molar-refractivity contribution in [2.24, 2.45) is 0 Å². The number of phenols is 1. The summed E-state index contributed by atoms with van der Waals surface area (Å²) < 4.78 is 0. The van der Waals surface area contributed by atoms with Crippen molar-refractivity contribution < 1.29 is 14.7 Å². The van der Waals surface area contributed by atoms with Crippen molar-refractivity contribution in [3.63, 3.8) is 0 Å². The Balaban J connectivity index is 1.40. The zero-order valence-electron chi connectivity index (χ0n) is 14.5. The fraction of sp³-hybridized carbons (Fsp3) is 0.579. The minimum Gasteiger partial charge on any atom is -0.508 e. The summed E-state index contributed by atoms with van der Waals surface area (Å²) in [6.45, 7) is 3.57. The molecule has 0 aromatic heterocycles. The molecule has 0 spiro atoms. The fourth-order valence-corrected chi connectivity index (χ4v) is 5.82. The number of amides is 2. The van der Waals surface area contributed by atoms with E-state index in [-0.39, 0.29) is 28.5 Å². The molecule has 134 valence electrons. The summed E-state index contributed by atoms with van der Waals surface area (Å²) in [5.41, 5.74) is 1.23. The van der Waals surface area contributed by atoms with Gasteiger partial charge in [0.15, 0.2) is 0 Å². The van der Waals surface area contributed by atoms with Crippen LogP contribution in [-0.4, -0.2) is 56.5 Å². The maximum absolute atomic E-state index is 13.0. The van der Waals surface area contributed by atoms with Crippen LogP contribution in [0.2, 0.25) is 0 Å². The van der Waals surface area contributed by atoms with Crippen LogP contribution in [0.5, 0.6) is 5.75 Å². The molecule has 1 aromatic carbocycles. The van der Waals surface area contributed by atoms with Gasteiger partial charge in [0.1, 0.15) is 11.8 Å². The quantitative estimate of drug-likeness (QED) is 0.880. The molecule has 3 aliphatic heterocycles. The number of thioether (sulfide) groups is 1. The van der Waals surface area contributed by atoms with E-state index >= 15 is 0 Å². The molecule has 3 heterocycles. The van der Waals surface area contributed by atoms with Crippen molar-refractivity contribution in [1.29, 1.82) is 0 Å². The summed E-state index contributed by atoms with van der Waals surface area (Å²) in [5, 5.41) is 9.42. The number of phenolic OH excluding ortho intramolecular Hbond substituents is 1. The molecule has 0 aliphatic carbocycles. The summed E-state index contributed by atoms with van der Waals surface area (Å²) in [6.07, 6.45) is 3.28. The van der Waals surface area contributed by atoms with Crippen LogP contribution >= 0.6 is 11.8 Å². The number of benzene rings is 1. The van der Waals surface area contributed by atoms with Crippen LogP contribution in [0.15, 0.2) is 24.3 Å². The molecule has 1 aromatic rings. The molecule has 2 amide bonds. The Labute approximate surface area is 152 Å². The molecular weight excluding hydrogens is 336 g/mol. The number of likely N-dealkylation sites (tertiary alicyclic amines) is 1. The van der Waals surface area contributed by atoms with Gasteiger partial charge in [0.05, 0.1) is 4.87 Å². The van der Waals surface area contributed by atoms with Gasteiger partial charge in [-0.2, -0.15) is 0 Å². The first-order chi connectivity index (χ1) is 12.0. The molecule has 4 rings (SSSR count). The Morgan fingerprint density at radius 2 is 1.92 bits per heavy atom. The van der Waals surface area contributed by atoms with Gasteiger partial charge in [-0.25, -0.2) is 0 Å². The Morgan fingerprint density at radius 3 is 2.60 bits per heavy atom. The van der Waals surface area contributed by atoms with E-state index < -0.39 is 0 Å². The van der Waals surface area contributed by atoms with E-state index in [1.54, 1.807) is 23.9 Å². The van der Waals surface area contributed by atoms with Crippen LogP contribution in [0.3, 0.4) is 0 Å². The summed E-state index contributed by atoms with van der Waals surface area (Å²) in [7, 11) is 0. The summed E-state index contributed by atoms with van der Waals surface area (Å²) in [4.78, 5) is 28.9. The van der Waals surface area contributed by atoms with Crippen LogP contribution in [-0.2, 0) is 9.59 Å². The normalized spacial score (nSPS) is 30.0. The number of nitrogens with zero attached hydrogens (tertiary/aromatic N) is 2. The number of hydrogen-bond donors (Lipinski definition) is 1. The number of fused-ring (bicyclic) bond motifs is 1. The number of carbonyl (C=O) groups is 2. The average molecular weight is 360 g/mol. The maximum Gasteiger partial charge on any atom is 0.246 e. The lowest BCUT2D eigenvalue weighted by atomic mass is 9.89. The van der Waals surface area contributed by atoms with E-state index in [0.717, 1.165) is 38.1 Å². The average Bonchev–Trinajstić information content (AvgIpc) is 3.11. The molecular formula is C19H24N2O3S. The van der Waals surface area contributed by atoms with Crippen molar-refractivity contribution in [2.75, 3.05) is 18.8 Å². The Kier molecular flexibility index (Phi) is 4.18. The van der Waals surface area contributed by atoms with Gasteiger partial charge in [0.25, 0.3) is 0 Å². The highest BCUT2D eigenvalue weighted by Crippen LogP contribution is 2.47. The highest BCUT2D eigenvalue weighted by molar-refractivity contribution is 8.01. The van der Waals surface area contributed by atoms with Crippen molar-refractivity contribution in [1.82, 2.24) is 9.80 Å². The minimum absolute atomic E-state index is 0.121. The first-order valence-electron chi connectivity index (χ1n) is 9.02. The van der Waals surface area contributed by atoms with Gasteiger partial charge >= 0.3 is 0 Å². The van der Waals surface area contributed by atoms with E-state index in [2.05, 4.69) is 6.92 Å². The van der Waals surface area contributed by atoms with Gasteiger partial charge in [0, 0.05) is 25.3 Å². The van der Waals surface area contributed by atoms with Crippen LogP contribution < -0.4 is 0 Å². The highest BCUT2D eigenvalue weighted by Gasteiger charge is 2.53. The molecule has 0 radical (unpaired) electrons. The van der Waals surface area contributed by atoms with Gasteiger partial charge in [-0.05, 0) is 49.8 Å². The van der Waals surface area contributed by atoms with Gasteiger partial charge in [-0.1, -0.05) is 12.1 Å². The largest absolute Gasteiger partial charge is 0.508 e. The maximum atomic E-state index is 13.0. The molecule has 3 aliphatic rings. The first-order valence-corrected chi connectivity index (χ1v) is 10.0. The molecule has 1 N–H and O–H groups in total. The molecule has 0 bridgehead atoms. The van der Waals surface area contributed by atoms with Crippen LogP contribution in [0.4, 0.5) is 0 Å². The second-order valence-electron chi connectivity index (χ2n) is 7.46. The predicted molar refractivity (Wildman–Crippen MR) is 97.4 cm³/mol. The lowest BCUT2D eigenvalue weighted by Crippen LogP contribution is -2.52. The zero-order chi connectivity index (χ0) is 17.6. The third-order valence-corrected chi connectivity index (χ3v) is 7.41. The van der Waals surface area contributed by atoms with E-state index in [1.807, 2.05) is 21.9 Å². The predicted octanol–water partition coefficient (Wildman–Crippen LogP) is 2.55. The Bertz CT molecular complexity index is 684. The summed E-state index contributed by atoms with van der Waals surface area (Å²) in [5.74, 6) is 1.69. The zero-order valence-corrected chi connectivity index (χ0v) is 15.3. The smallest absolute Gasteiger partial charge is 0.246 e. The van der Waals surface area contributed by atoms with Crippen molar-refractivity contribution in [3.05, 3.63) is 29.8 Å². The number of aromatic hydroxyl groups is 1. The summed E-state index contributed by atoms with van der Waals surface area (Å²) >= 11 is 1.75. The van der Waals surface area contributed by atoms with Crippen molar-refractivity contribution in [2.45, 2.75) is 49.4 Å². The van der Waals surface area contributed by atoms with Crippen LogP contribution in [0, 0.1) is 0 Å². The van der Waals surface area contributed by atoms with Crippen LogP contribution in [0.1, 0.15) is 44.1 Å². The number of hydrogen-bond acceptors (Lipinski definition) is 4. The molecule has 3 fully saturated rings. The number of carbonyl (C=O) groups excluding carboxylic acids is 2. The lowest BCUT2D eigenvalue weighted by molar-refractivity contribution is -0.144. The van der Waals surface area contributed by atoms with E-state index in [4.69, 9.17) is 0 Å². The Hall–Kier alpha value is -1.69. The fourth-order valence-electron chi connectivity index (χ4n) is 4.39. The second-order valence-corrected chi connectivity index (χ2v) is 8.96. The number of piperidine rings is 1. The molecule has 3 saturated heterocycles. The van der Waals surface area contributed by atoms with Gasteiger partial charge in [-0.3, -0.25) is 9.59 Å². The second kappa shape index (κ2) is 6.24. The van der Waals surface area contributed by atoms with E-state index in [1.165, 1.54) is 5.56 Å². The molecule has 5 nitrogen and oxygen atoms in total. The third kappa shape index (κ3) is 2.90. The SMILES string of the molecule is C[C@]12CCC(=O)N1[C@H](C(=O)N1CCC(c3ccc(O)cc3)CC1)CS2. The molecule has 6 heteroatoms. The van der Waals surface area contributed by atoms with Gasteiger partial charge < -0.3 is 14.9 Å². The van der Waals surface area contributed by atoms with Gasteiger partial charge in [-0.15, -0.1) is 11.8 Å². The first kappa shape index (κ1) is 16.8. The molecule has 25 heavy (non-hydrogen) atoms. The van der Waals surface area contributed by atoms with Crippen molar-refractivity contribution in [3.8, 4) is 5.75 Å². The minimum atomic E-state index is -0.282. The standard InChI is InChI=1S/C19H24N2O3S/c1-19-9-6-17(23)21(19)16(12-25-19)18(24)20-10-7-14(8-11-20)13-2-4-15(22)5-3-13/h2-5,14,16,22H,6-12H2,1H3/t16-,19-/m0/s1. The highest BCUT2D eigenvalue weighted by atomic mass is 32.2. The van der Waals surface area contributed by atoms with Gasteiger partial charge in [0.2, 0.25) is 11.8 Å². The van der Waals surface area contributed by atoms with E-state index in [0.29, 0.717) is 12.3 Å². The number of rotatable bonds is 2. The monoisotopic (exact) mass is 360 g/mol. The Morgan fingerprint density at radius 1 is 1.24 bits per heavy atom. The third-order valence-electron chi connectivity index (χ3n) is 5.90. The van der Waals surface area contributed by atoms with E-state index in [9.17, 15) is 14.7 Å². The lowest BCUT2D eigenvalue weighted by Gasteiger charge is -2.36. The molecule has 0 unspecified atom stereocenters. The molecule has 2 atom stereocenters.